The summed E-state index contributed by atoms with van der Waals surface area (Å²) in [6, 6.07) is 4.11. The maximum Gasteiger partial charge on any atom is 0.257 e. The van der Waals surface area contributed by atoms with E-state index in [1.54, 1.807) is 6.92 Å². The second-order valence-corrected chi connectivity index (χ2v) is 6.56. The Morgan fingerprint density at radius 1 is 1.35 bits per heavy atom. The average molecular weight is 292 g/mol. The third kappa shape index (κ3) is 3.22. The average Bonchev–Trinajstić information content (AvgIpc) is 2.76. The summed E-state index contributed by atoms with van der Waals surface area (Å²) in [5.74, 6) is -0.611. The second kappa shape index (κ2) is 5.32. The fraction of sp³-hybridized carbons (Fsp3) is 0.333. The van der Waals surface area contributed by atoms with E-state index in [4.69, 9.17) is 0 Å². The molecule has 1 aromatic carbocycles. The van der Waals surface area contributed by atoms with Crippen LogP contribution in [0, 0.1) is 12.7 Å². The number of aromatic nitrogens is 1. The Hall–Kier alpha value is -1.75. The smallest absolute Gasteiger partial charge is 0.257 e. The fourth-order valence-corrected chi connectivity index (χ4v) is 2.65. The number of thiazole rings is 1. The normalized spacial score (nSPS) is 11.4. The fourth-order valence-electron chi connectivity index (χ4n) is 1.72. The molecule has 0 bridgehead atoms. The van der Waals surface area contributed by atoms with Crippen molar-refractivity contribution in [2.75, 3.05) is 5.32 Å². The minimum atomic E-state index is -0.344. The van der Waals surface area contributed by atoms with Crippen molar-refractivity contribution in [2.24, 2.45) is 0 Å². The van der Waals surface area contributed by atoms with Gasteiger partial charge in [-0.3, -0.25) is 10.1 Å². The number of nitrogens with one attached hydrogen (secondary N) is 1. The largest absolute Gasteiger partial charge is 0.298 e. The Morgan fingerprint density at radius 2 is 2.05 bits per heavy atom. The van der Waals surface area contributed by atoms with Crippen LogP contribution >= 0.6 is 11.3 Å². The van der Waals surface area contributed by atoms with Crippen LogP contribution in [0.15, 0.2) is 23.6 Å². The van der Waals surface area contributed by atoms with Crippen LogP contribution in [0.3, 0.4) is 0 Å². The quantitative estimate of drug-likeness (QED) is 0.904. The first kappa shape index (κ1) is 14.7. The monoisotopic (exact) mass is 292 g/mol. The first-order valence-electron chi connectivity index (χ1n) is 6.31. The molecule has 0 atom stereocenters. The van der Waals surface area contributed by atoms with Crippen molar-refractivity contribution in [3.8, 4) is 0 Å². The molecule has 0 fully saturated rings. The Kier molecular flexibility index (Phi) is 3.90. The standard InChI is InChI=1S/C15H17FN2OS/c1-9-7-10(16)5-6-11(9)13(19)18-14-17-12(8-20-14)15(2,3)4/h5-8H,1-4H3,(H,17,18,19). The lowest BCUT2D eigenvalue weighted by molar-refractivity contribution is 0.102. The van der Waals surface area contributed by atoms with Crippen molar-refractivity contribution in [3.63, 3.8) is 0 Å². The van der Waals surface area contributed by atoms with Gasteiger partial charge in [-0.2, -0.15) is 0 Å². The van der Waals surface area contributed by atoms with Crippen molar-refractivity contribution in [1.29, 1.82) is 0 Å². The molecule has 2 rings (SSSR count). The summed E-state index contributed by atoms with van der Waals surface area (Å²) in [7, 11) is 0. The number of aryl methyl sites for hydroxylation is 1. The van der Waals surface area contributed by atoms with Crippen molar-refractivity contribution in [2.45, 2.75) is 33.1 Å². The number of rotatable bonds is 2. The van der Waals surface area contributed by atoms with Gasteiger partial charge >= 0.3 is 0 Å². The van der Waals surface area contributed by atoms with Crippen molar-refractivity contribution in [1.82, 2.24) is 4.98 Å². The highest BCUT2D eigenvalue weighted by Crippen LogP contribution is 2.26. The SMILES string of the molecule is Cc1cc(F)ccc1C(=O)Nc1nc(C(C)(C)C)cs1. The summed E-state index contributed by atoms with van der Waals surface area (Å²) in [4.78, 5) is 16.5. The van der Waals surface area contributed by atoms with E-state index in [2.05, 4.69) is 31.1 Å². The van der Waals surface area contributed by atoms with Crippen LogP contribution in [-0.4, -0.2) is 10.9 Å². The van der Waals surface area contributed by atoms with E-state index < -0.39 is 0 Å². The number of carbonyl (C=O) groups excluding carboxylic acids is 1. The molecule has 0 saturated heterocycles. The van der Waals surface area contributed by atoms with Gasteiger partial charge < -0.3 is 0 Å². The summed E-state index contributed by atoms with van der Waals surface area (Å²) in [6.07, 6.45) is 0. The van der Waals surface area contributed by atoms with Gasteiger partial charge in [-0.05, 0) is 30.7 Å². The third-order valence-corrected chi connectivity index (χ3v) is 3.68. The topological polar surface area (TPSA) is 42.0 Å². The zero-order valence-corrected chi connectivity index (χ0v) is 12.8. The molecule has 0 aliphatic rings. The summed E-state index contributed by atoms with van der Waals surface area (Å²) in [5, 5.41) is 5.25. The highest BCUT2D eigenvalue weighted by Gasteiger charge is 2.18. The van der Waals surface area contributed by atoms with Gasteiger partial charge in [0.1, 0.15) is 5.82 Å². The Labute approximate surface area is 121 Å². The summed E-state index contributed by atoms with van der Waals surface area (Å²) in [6.45, 7) is 7.91. The van der Waals surface area contributed by atoms with Crippen LogP contribution < -0.4 is 5.32 Å². The molecule has 1 N–H and O–H groups in total. The maximum absolute atomic E-state index is 13.0. The molecule has 1 heterocycles. The van der Waals surface area contributed by atoms with Crippen LogP contribution in [0.5, 0.6) is 0 Å². The molecule has 0 unspecified atom stereocenters. The number of halogens is 1. The molecular weight excluding hydrogens is 275 g/mol. The number of benzene rings is 1. The molecule has 1 aromatic heterocycles. The number of hydrogen-bond acceptors (Lipinski definition) is 3. The van der Waals surface area contributed by atoms with E-state index in [9.17, 15) is 9.18 Å². The van der Waals surface area contributed by atoms with E-state index in [-0.39, 0.29) is 17.1 Å². The van der Waals surface area contributed by atoms with Gasteiger partial charge in [0, 0.05) is 16.4 Å². The third-order valence-electron chi connectivity index (χ3n) is 2.93. The van der Waals surface area contributed by atoms with Gasteiger partial charge in [0.05, 0.1) is 5.69 Å². The highest BCUT2D eigenvalue weighted by atomic mass is 32.1. The van der Waals surface area contributed by atoms with Crippen LogP contribution in [-0.2, 0) is 5.41 Å². The van der Waals surface area contributed by atoms with Gasteiger partial charge in [-0.25, -0.2) is 9.37 Å². The molecule has 0 aliphatic heterocycles. The molecule has 1 amide bonds. The van der Waals surface area contributed by atoms with Crippen molar-refractivity contribution < 1.29 is 9.18 Å². The number of amides is 1. The Morgan fingerprint density at radius 3 is 2.60 bits per heavy atom. The molecule has 5 heteroatoms. The summed E-state index contributed by atoms with van der Waals surface area (Å²) >= 11 is 1.39. The van der Waals surface area contributed by atoms with Crippen molar-refractivity contribution >= 4 is 22.4 Å². The minimum Gasteiger partial charge on any atom is -0.298 e. The first-order chi connectivity index (χ1) is 9.27. The van der Waals surface area contributed by atoms with E-state index >= 15 is 0 Å². The van der Waals surface area contributed by atoms with Crippen LogP contribution in [0.2, 0.25) is 0 Å². The van der Waals surface area contributed by atoms with Gasteiger partial charge in [-0.15, -0.1) is 11.3 Å². The molecule has 106 valence electrons. The summed E-state index contributed by atoms with van der Waals surface area (Å²) < 4.78 is 13.0. The lowest BCUT2D eigenvalue weighted by atomic mass is 9.93. The van der Waals surface area contributed by atoms with Gasteiger partial charge in [0.2, 0.25) is 0 Å². The molecule has 0 radical (unpaired) electrons. The van der Waals surface area contributed by atoms with E-state index in [0.29, 0.717) is 16.3 Å². The number of nitrogens with zero attached hydrogens (tertiary/aromatic N) is 1. The predicted molar refractivity (Wildman–Crippen MR) is 79.9 cm³/mol. The molecule has 2 aromatic rings. The second-order valence-electron chi connectivity index (χ2n) is 5.70. The van der Waals surface area contributed by atoms with Gasteiger partial charge in [0.15, 0.2) is 5.13 Å². The molecule has 0 spiro atoms. The van der Waals surface area contributed by atoms with E-state index in [1.165, 1.54) is 29.5 Å². The van der Waals surface area contributed by atoms with Gasteiger partial charge in [-0.1, -0.05) is 20.8 Å². The molecule has 0 aliphatic carbocycles. The van der Waals surface area contributed by atoms with Crippen molar-refractivity contribution in [3.05, 3.63) is 46.2 Å². The molecule has 3 nitrogen and oxygen atoms in total. The number of carbonyl (C=O) groups is 1. The van der Waals surface area contributed by atoms with Gasteiger partial charge in [0.25, 0.3) is 5.91 Å². The Balaban J connectivity index is 2.17. The van der Waals surface area contributed by atoms with Crippen LogP contribution in [0.4, 0.5) is 9.52 Å². The minimum absolute atomic E-state index is 0.0503. The molecule has 0 saturated carbocycles. The van der Waals surface area contributed by atoms with Crippen LogP contribution in [0.1, 0.15) is 42.4 Å². The predicted octanol–water partition coefficient (Wildman–Crippen LogP) is 4.14. The van der Waals surface area contributed by atoms with Crippen LogP contribution in [0.25, 0.3) is 0 Å². The summed E-state index contributed by atoms with van der Waals surface area (Å²) in [5.41, 5.74) is 1.95. The van der Waals surface area contributed by atoms with E-state index in [0.717, 1.165) is 5.69 Å². The highest BCUT2D eigenvalue weighted by molar-refractivity contribution is 7.14. The number of hydrogen-bond donors (Lipinski definition) is 1. The molecular formula is C15H17FN2OS. The Bertz CT molecular complexity index is 644. The maximum atomic E-state index is 13.0. The molecule has 20 heavy (non-hydrogen) atoms. The number of anilines is 1. The van der Waals surface area contributed by atoms with E-state index in [1.807, 2.05) is 5.38 Å². The lowest BCUT2D eigenvalue weighted by Crippen LogP contribution is -2.15. The zero-order valence-electron chi connectivity index (χ0n) is 12.0. The lowest BCUT2D eigenvalue weighted by Gasteiger charge is -2.14. The first-order valence-corrected chi connectivity index (χ1v) is 7.19. The zero-order chi connectivity index (χ0) is 14.9.